The molecule has 0 aliphatic rings. The minimum atomic E-state index is -0.475. The molecule has 0 fully saturated rings. The van der Waals surface area contributed by atoms with Gasteiger partial charge in [0.05, 0.1) is 29.4 Å². The summed E-state index contributed by atoms with van der Waals surface area (Å²) >= 11 is 1.39. The summed E-state index contributed by atoms with van der Waals surface area (Å²) in [7, 11) is 3.15. The molecular weight excluding hydrogens is 406 g/mol. The van der Waals surface area contributed by atoms with Gasteiger partial charge in [0, 0.05) is 36.9 Å². The highest BCUT2D eigenvalue weighted by Gasteiger charge is 2.12. The summed E-state index contributed by atoms with van der Waals surface area (Å²) in [5.74, 6) is 0.770. The molecule has 156 valence electrons. The van der Waals surface area contributed by atoms with Gasteiger partial charge in [-0.15, -0.1) is 0 Å². The fourth-order valence-electron chi connectivity index (χ4n) is 2.96. The van der Waals surface area contributed by atoms with Gasteiger partial charge in [0.2, 0.25) is 0 Å². The van der Waals surface area contributed by atoms with Crippen LogP contribution >= 0.6 is 11.3 Å². The highest BCUT2D eigenvalue weighted by Crippen LogP contribution is 2.33. The second-order valence-electron chi connectivity index (χ2n) is 6.35. The fourth-order valence-corrected chi connectivity index (χ4v) is 4.03. The topological polar surface area (TPSA) is 96.0 Å². The molecule has 30 heavy (non-hydrogen) atoms. The van der Waals surface area contributed by atoms with E-state index in [-0.39, 0.29) is 5.69 Å². The fraction of sp³-hybridized carbons (Fsp3) is 0.238. The number of nitro groups is 1. The Labute approximate surface area is 176 Å². The molecule has 0 aliphatic heterocycles. The maximum absolute atomic E-state index is 12.4. The number of nitro benzene ring substituents is 1. The lowest BCUT2D eigenvalue weighted by Crippen LogP contribution is -2.16. The lowest BCUT2D eigenvalue weighted by atomic mass is 10.2. The summed E-state index contributed by atoms with van der Waals surface area (Å²) in [6.07, 6.45) is 3.69. The van der Waals surface area contributed by atoms with Crippen molar-refractivity contribution in [1.82, 2.24) is 4.57 Å². The molecule has 0 radical (unpaired) electrons. The van der Waals surface area contributed by atoms with Gasteiger partial charge >= 0.3 is 0 Å². The number of aryl methyl sites for hydroxylation is 1. The normalized spacial score (nSPS) is 11.9. The molecule has 1 heterocycles. The highest BCUT2D eigenvalue weighted by molar-refractivity contribution is 7.16. The van der Waals surface area contributed by atoms with Crippen LogP contribution in [0.4, 0.5) is 5.69 Å². The van der Waals surface area contributed by atoms with Crippen molar-refractivity contribution < 1.29 is 19.2 Å². The van der Waals surface area contributed by atoms with Crippen molar-refractivity contribution in [3.63, 3.8) is 0 Å². The molecule has 0 N–H and O–H groups in total. The van der Waals surface area contributed by atoms with E-state index in [0.717, 1.165) is 16.6 Å². The van der Waals surface area contributed by atoms with E-state index in [1.54, 1.807) is 26.4 Å². The molecule has 0 saturated carbocycles. The first kappa shape index (κ1) is 21.3. The van der Waals surface area contributed by atoms with Gasteiger partial charge in [0.15, 0.2) is 16.3 Å². The number of methoxy groups -OCH3 is 2. The number of non-ortho nitro benzene ring substituents is 1. The van der Waals surface area contributed by atoms with Crippen LogP contribution in [0.2, 0.25) is 0 Å². The third-order valence-electron chi connectivity index (χ3n) is 4.34. The molecular formula is C21H21N3O5S. The SMILES string of the molecule is CCCn1c(=NC(=O)C=Cc2cccc([N+](=O)[O-])c2)sc2cc(OC)c(OC)cc21. The number of nitrogens with zero attached hydrogens (tertiary/aromatic N) is 3. The van der Waals surface area contributed by atoms with Crippen LogP contribution in [0.25, 0.3) is 16.3 Å². The van der Waals surface area contributed by atoms with Crippen LogP contribution < -0.4 is 14.3 Å². The molecule has 0 unspecified atom stereocenters. The molecule has 0 spiro atoms. The van der Waals surface area contributed by atoms with Crippen molar-refractivity contribution in [3.05, 3.63) is 63.0 Å². The van der Waals surface area contributed by atoms with E-state index in [1.807, 2.05) is 23.6 Å². The van der Waals surface area contributed by atoms with E-state index in [2.05, 4.69) is 4.99 Å². The zero-order valence-corrected chi connectivity index (χ0v) is 17.6. The highest BCUT2D eigenvalue weighted by atomic mass is 32.1. The van der Waals surface area contributed by atoms with Crippen molar-refractivity contribution in [1.29, 1.82) is 0 Å². The monoisotopic (exact) mass is 427 g/mol. The Balaban J connectivity index is 1.99. The van der Waals surface area contributed by atoms with Gasteiger partial charge < -0.3 is 14.0 Å². The van der Waals surface area contributed by atoms with Crippen molar-refractivity contribution in [2.45, 2.75) is 19.9 Å². The minimum absolute atomic E-state index is 0.0327. The van der Waals surface area contributed by atoms with E-state index in [0.29, 0.717) is 28.4 Å². The van der Waals surface area contributed by atoms with E-state index in [9.17, 15) is 14.9 Å². The summed E-state index contributed by atoms with van der Waals surface area (Å²) < 4.78 is 13.7. The van der Waals surface area contributed by atoms with Gasteiger partial charge in [-0.25, -0.2) is 0 Å². The van der Waals surface area contributed by atoms with E-state index < -0.39 is 10.8 Å². The third kappa shape index (κ3) is 4.57. The van der Waals surface area contributed by atoms with Gasteiger partial charge in [-0.3, -0.25) is 14.9 Å². The molecule has 3 rings (SSSR count). The van der Waals surface area contributed by atoms with Crippen LogP contribution in [-0.4, -0.2) is 29.6 Å². The number of thiazole rings is 1. The number of ether oxygens (including phenoxy) is 2. The van der Waals surface area contributed by atoms with Crippen molar-refractivity contribution in [2.24, 2.45) is 4.99 Å². The molecule has 1 amide bonds. The Bertz CT molecular complexity index is 1190. The molecule has 8 nitrogen and oxygen atoms in total. The zero-order valence-electron chi connectivity index (χ0n) is 16.8. The number of fused-ring (bicyclic) bond motifs is 1. The van der Waals surface area contributed by atoms with Gasteiger partial charge in [-0.2, -0.15) is 4.99 Å². The molecule has 1 aromatic heterocycles. The van der Waals surface area contributed by atoms with E-state index in [1.165, 1.54) is 35.6 Å². The molecule has 9 heteroatoms. The number of amides is 1. The first-order chi connectivity index (χ1) is 14.5. The molecule has 2 aromatic carbocycles. The van der Waals surface area contributed by atoms with Crippen molar-refractivity contribution >= 4 is 39.2 Å². The number of hydrogen-bond donors (Lipinski definition) is 0. The van der Waals surface area contributed by atoms with Crippen LogP contribution in [0.15, 0.2) is 47.5 Å². The van der Waals surface area contributed by atoms with Crippen LogP contribution in [0, 0.1) is 10.1 Å². The number of aromatic nitrogens is 1. The van der Waals surface area contributed by atoms with Crippen molar-refractivity contribution in [3.8, 4) is 11.5 Å². The standard InChI is InChI=1S/C21H21N3O5S/c1-4-10-23-16-12-17(28-2)18(29-3)13-19(16)30-21(23)22-20(25)9-8-14-6-5-7-15(11-14)24(26)27/h5-9,11-13H,4,10H2,1-3H3. The molecule has 0 atom stereocenters. The van der Waals surface area contributed by atoms with Gasteiger partial charge in [0.25, 0.3) is 11.6 Å². The quantitative estimate of drug-likeness (QED) is 0.320. The van der Waals surface area contributed by atoms with Crippen LogP contribution in [0.3, 0.4) is 0 Å². The van der Waals surface area contributed by atoms with Gasteiger partial charge in [0.1, 0.15) is 0 Å². The maximum Gasteiger partial charge on any atom is 0.272 e. The van der Waals surface area contributed by atoms with Crippen molar-refractivity contribution in [2.75, 3.05) is 14.2 Å². The second-order valence-corrected chi connectivity index (χ2v) is 7.36. The smallest absolute Gasteiger partial charge is 0.272 e. The third-order valence-corrected chi connectivity index (χ3v) is 5.38. The number of carbonyl (C=O) groups is 1. The number of hydrogen-bond acceptors (Lipinski definition) is 6. The summed E-state index contributed by atoms with van der Waals surface area (Å²) in [5.41, 5.74) is 1.43. The van der Waals surface area contributed by atoms with Gasteiger partial charge in [-0.1, -0.05) is 30.4 Å². The molecule has 3 aromatic rings. The van der Waals surface area contributed by atoms with E-state index >= 15 is 0 Å². The first-order valence-electron chi connectivity index (χ1n) is 9.23. The zero-order chi connectivity index (χ0) is 21.7. The predicted octanol–water partition coefficient (Wildman–Crippen LogP) is 4.18. The minimum Gasteiger partial charge on any atom is -0.493 e. The average Bonchev–Trinajstić information content (AvgIpc) is 3.07. The predicted molar refractivity (Wildman–Crippen MR) is 116 cm³/mol. The first-order valence-corrected chi connectivity index (χ1v) is 10.0. The largest absolute Gasteiger partial charge is 0.493 e. The molecule has 0 saturated heterocycles. The lowest BCUT2D eigenvalue weighted by Gasteiger charge is -2.08. The summed E-state index contributed by atoms with van der Waals surface area (Å²) in [5, 5.41) is 10.9. The lowest BCUT2D eigenvalue weighted by molar-refractivity contribution is -0.384. The van der Waals surface area contributed by atoms with Gasteiger partial charge in [-0.05, 0) is 18.1 Å². The van der Waals surface area contributed by atoms with Crippen LogP contribution in [-0.2, 0) is 11.3 Å². The second kappa shape index (κ2) is 9.36. The maximum atomic E-state index is 12.4. The average molecular weight is 427 g/mol. The Hall–Kier alpha value is -3.46. The molecule has 0 bridgehead atoms. The summed E-state index contributed by atoms with van der Waals surface area (Å²) in [6.45, 7) is 2.74. The Kier molecular flexibility index (Phi) is 6.63. The van der Waals surface area contributed by atoms with Crippen LogP contribution in [0.5, 0.6) is 11.5 Å². The Morgan fingerprint density at radius 1 is 1.23 bits per heavy atom. The number of benzene rings is 2. The summed E-state index contributed by atoms with van der Waals surface area (Å²) in [4.78, 5) is 27.7. The molecule has 0 aliphatic carbocycles. The van der Waals surface area contributed by atoms with E-state index in [4.69, 9.17) is 9.47 Å². The number of rotatable bonds is 7. The van der Waals surface area contributed by atoms with Crippen LogP contribution in [0.1, 0.15) is 18.9 Å². The number of carbonyl (C=O) groups excluding carboxylic acids is 1. The summed E-state index contributed by atoms with van der Waals surface area (Å²) in [6, 6.07) is 9.81. The Morgan fingerprint density at radius 2 is 1.97 bits per heavy atom. The Morgan fingerprint density at radius 3 is 2.63 bits per heavy atom.